The van der Waals surface area contributed by atoms with Crippen molar-refractivity contribution < 1.29 is 9.47 Å². The molecule has 3 rings (SSSR count). The van der Waals surface area contributed by atoms with E-state index in [1.54, 1.807) is 25.6 Å². The Labute approximate surface area is 171 Å². The van der Waals surface area contributed by atoms with Gasteiger partial charge >= 0.3 is 0 Å². The van der Waals surface area contributed by atoms with E-state index in [1.165, 1.54) is 11.1 Å². The summed E-state index contributed by atoms with van der Waals surface area (Å²) in [6.07, 6.45) is 0.946. The summed E-state index contributed by atoms with van der Waals surface area (Å²) in [6, 6.07) is 4.17. The maximum atomic E-state index is 5.47. The van der Waals surface area contributed by atoms with E-state index >= 15 is 0 Å². The fourth-order valence-electron chi connectivity index (χ4n) is 3.22. The predicted octanol–water partition coefficient (Wildman–Crippen LogP) is 2.75. The van der Waals surface area contributed by atoms with Crippen LogP contribution >= 0.6 is 11.3 Å². The highest BCUT2D eigenvalue weighted by Crippen LogP contribution is 2.33. The summed E-state index contributed by atoms with van der Waals surface area (Å²) in [5, 5.41) is 6.50. The van der Waals surface area contributed by atoms with Crippen LogP contribution in [0.4, 0.5) is 5.13 Å². The van der Waals surface area contributed by atoms with Gasteiger partial charge < -0.3 is 24.6 Å². The first-order chi connectivity index (χ1) is 13.5. The van der Waals surface area contributed by atoms with Crippen LogP contribution in [-0.2, 0) is 19.5 Å². The van der Waals surface area contributed by atoms with Gasteiger partial charge in [-0.3, -0.25) is 0 Å². The van der Waals surface area contributed by atoms with Gasteiger partial charge in [-0.2, -0.15) is 0 Å². The summed E-state index contributed by atoms with van der Waals surface area (Å²) >= 11 is 1.64. The molecule has 2 heterocycles. The first-order valence-corrected chi connectivity index (χ1v) is 10.3. The number of nitrogens with one attached hydrogen (secondary N) is 1. The number of ether oxygens (including phenoxy) is 2. The second kappa shape index (κ2) is 9.14. The molecule has 1 aromatic carbocycles. The minimum Gasteiger partial charge on any atom is -0.493 e. The number of hydrogen-bond donors (Lipinski definition) is 1. The number of aliphatic imine (C=N–C) groups is 1. The molecule has 28 heavy (non-hydrogen) atoms. The fourth-order valence-corrected chi connectivity index (χ4v) is 3.97. The van der Waals surface area contributed by atoms with E-state index in [0.29, 0.717) is 6.54 Å². The molecule has 0 radical (unpaired) electrons. The van der Waals surface area contributed by atoms with Crippen LogP contribution in [0.25, 0.3) is 0 Å². The van der Waals surface area contributed by atoms with Gasteiger partial charge in [-0.25, -0.2) is 9.98 Å². The van der Waals surface area contributed by atoms with Crippen LogP contribution in [0.2, 0.25) is 0 Å². The molecule has 0 amide bonds. The van der Waals surface area contributed by atoms with Crippen LogP contribution in [-0.4, -0.2) is 57.2 Å². The van der Waals surface area contributed by atoms with E-state index < -0.39 is 0 Å². The number of hydrogen-bond acceptors (Lipinski definition) is 6. The third kappa shape index (κ3) is 4.49. The zero-order valence-electron chi connectivity index (χ0n) is 17.3. The van der Waals surface area contributed by atoms with E-state index in [4.69, 9.17) is 14.5 Å². The van der Waals surface area contributed by atoms with Gasteiger partial charge in [-0.15, -0.1) is 11.3 Å². The van der Waals surface area contributed by atoms with Crippen molar-refractivity contribution >= 4 is 22.4 Å². The van der Waals surface area contributed by atoms with Crippen molar-refractivity contribution in [2.45, 2.75) is 26.4 Å². The molecule has 0 unspecified atom stereocenters. The average Bonchev–Trinajstić information content (AvgIpc) is 3.19. The van der Waals surface area contributed by atoms with Gasteiger partial charge in [0.25, 0.3) is 0 Å². The highest BCUT2D eigenvalue weighted by Gasteiger charge is 2.21. The van der Waals surface area contributed by atoms with E-state index in [0.717, 1.165) is 54.3 Å². The largest absolute Gasteiger partial charge is 0.493 e. The first kappa shape index (κ1) is 20.3. The molecule has 1 aromatic heterocycles. The third-order valence-electron chi connectivity index (χ3n) is 4.67. The lowest BCUT2D eigenvalue weighted by atomic mass is 9.99. The molecule has 8 heteroatoms. The van der Waals surface area contributed by atoms with Gasteiger partial charge in [0, 0.05) is 39.1 Å². The summed E-state index contributed by atoms with van der Waals surface area (Å²) in [4.78, 5) is 13.8. The number of aromatic nitrogens is 1. The number of thiazole rings is 1. The number of rotatable bonds is 6. The molecule has 0 atom stereocenters. The number of anilines is 1. The molecule has 1 N–H and O–H groups in total. The summed E-state index contributed by atoms with van der Waals surface area (Å²) in [6.45, 7) is 5.19. The molecule has 0 spiro atoms. The van der Waals surface area contributed by atoms with E-state index in [1.807, 2.05) is 19.0 Å². The smallest absolute Gasteiger partial charge is 0.194 e. The van der Waals surface area contributed by atoms with Crippen LogP contribution in [0.5, 0.6) is 11.5 Å². The van der Waals surface area contributed by atoms with Gasteiger partial charge in [0.1, 0.15) is 0 Å². The Morgan fingerprint density at radius 1 is 1.25 bits per heavy atom. The predicted molar refractivity (Wildman–Crippen MR) is 115 cm³/mol. The molecule has 7 nitrogen and oxygen atoms in total. The maximum Gasteiger partial charge on any atom is 0.194 e. The normalized spacial score (nSPS) is 13.9. The molecular formula is C20H29N5O2S. The zero-order valence-corrected chi connectivity index (χ0v) is 18.1. The number of methoxy groups -OCH3 is 2. The van der Waals surface area contributed by atoms with Gasteiger partial charge in [-0.1, -0.05) is 0 Å². The highest BCUT2D eigenvalue weighted by molar-refractivity contribution is 7.13. The zero-order chi connectivity index (χ0) is 20.1. The van der Waals surface area contributed by atoms with Crippen molar-refractivity contribution in [1.82, 2.24) is 15.2 Å². The van der Waals surface area contributed by atoms with Crippen molar-refractivity contribution in [3.05, 3.63) is 34.3 Å². The Bertz CT molecular complexity index is 834. The summed E-state index contributed by atoms with van der Waals surface area (Å²) in [5.74, 6) is 2.47. The number of benzene rings is 1. The van der Waals surface area contributed by atoms with Crippen LogP contribution in [0.3, 0.4) is 0 Å². The Balaban J connectivity index is 1.77. The molecule has 2 aromatic rings. The highest BCUT2D eigenvalue weighted by atomic mass is 32.1. The van der Waals surface area contributed by atoms with Gasteiger partial charge in [0.2, 0.25) is 0 Å². The first-order valence-electron chi connectivity index (χ1n) is 9.44. The Morgan fingerprint density at radius 2 is 1.96 bits per heavy atom. The van der Waals surface area contributed by atoms with E-state index in [-0.39, 0.29) is 0 Å². The second-order valence-electron chi connectivity index (χ2n) is 6.83. The Hall–Kier alpha value is -2.48. The lowest BCUT2D eigenvalue weighted by molar-refractivity contribution is 0.346. The quantitative estimate of drug-likeness (QED) is 0.591. The lowest BCUT2D eigenvalue weighted by Crippen LogP contribution is -2.44. The van der Waals surface area contributed by atoms with Crippen LogP contribution in [0, 0.1) is 0 Å². The standard InChI is InChI=1S/C20H29N5O2S/c1-6-21-19(22-11-16-13-28-20(23-16)24(2)3)25-8-7-14-9-17(26-4)18(27-5)10-15(14)12-25/h9-10,13H,6-8,11-12H2,1-5H3,(H,21,22). The summed E-state index contributed by atoms with van der Waals surface area (Å²) < 4.78 is 10.9. The van der Waals surface area contributed by atoms with Crippen molar-refractivity contribution in [3.8, 4) is 11.5 Å². The molecular weight excluding hydrogens is 374 g/mol. The van der Waals surface area contributed by atoms with Gasteiger partial charge in [0.05, 0.1) is 26.5 Å². The lowest BCUT2D eigenvalue weighted by Gasteiger charge is -2.32. The fraction of sp³-hybridized carbons (Fsp3) is 0.500. The molecule has 0 fully saturated rings. The maximum absolute atomic E-state index is 5.47. The van der Waals surface area contributed by atoms with Crippen LogP contribution in [0.1, 0.15) is 23.7 Å². The molecule has 1 aliphatic rings. The Kier molecular flexibility index (Phi) is 6.61. The second-order valence-corrected chi connectivity index (χ2v) is 7.67. The molecule has 0 bridgehead atoms. The Morgan fingerprint density at radius 3 is 2.57 bits per heavy atom. The number of guanidine groups is 1. The van der Waals surface area contributed by atoms with Gasteiger partial charge in [0.15, 0.2) is 22.6 Å². The minimum atomic E-state index is 0.571. The SMILES string of the molecule is CCNC(=NCc1csc(N(C)C)n1)N1CCc2cc(OC)c(OC)cc2C1. The van der Waals surface area contributed by atoms with Crippen LogP contribution in [0.15, 0.2) is 22.5 Å². The molecule has 0 saturated carbocycles. The van der Waals surface area contributed by atoms with Crippen molar-refractivity contribution in [2.24, 2.45) is 4.99 Å². The van der Waals surface area contributed by atoms with Crippen LogP contribution < -0.4 is 19.7 Å². The molecule has 0 saturated heterocycles. The third-order valence-corrected chi connectivity index (χ3v) is 5.72. The van der Waals surface area contributed by atoms with Gasteiger partial charge in [-0.05, 0) is 36.6 Å². The van der Waals surface area contributed by atoms with E-state index in [2.05, 4.69) is 39.6 Å². The van der Waals surface area contributed by atoms with Crippen molar-refractivity contribution in [2.75, 3.05) is 46.3 Å². The van der Waals surface area contributed by atoms with Crippen molar-refractivity contribution in [3.63, 3.8) is 0 Å². The topological polar surface area (TPSA) is 62.2 Å². The molecule has 0 aliphatic carbocycles. The van der Waals surface area contributed by atoms with Crippen molar-refractivity contribution in [1.29, 1.82) is 0 Å². The number of fused-ring (bicyclic) bond motifs is 1. The molecule has 152 valence electrons. The summed E-state index contributed by atoms with van der Waals surface area (Å²) in [7, 11) is 7.36. The summed E-state index contributed by atoms with van der Waals surface area (Å²) in [5.41, 5.74) is 3.55. The average molecular weight is 404 g/mol. The van der Waals surface area contributed by atoms with E-state index in [9.17, 15) is 0 Å². The monoisotopic (exact) mass is 403 g/mol. The molecule has 1 aliphatic heterocycles. The number of nitrogens with zero attached hydrogens (tertiary/aromatic N) is 4. The minimum absolute atomic E-state index is 0.571.